The lowest BCUT2D eigenvalue weighted by atomic mass is 10.3. The van der Waals surface area contributed by atoms with Crippen LogP contribution in [0.3, 0.4) is 0 Å². The molecule has 2 rings (SSSR count). The molecule has 0 saturated carbocycles. The van der Waals surface area contributed by atoms with E-state index < -0.39 is 5.76 Å². The number of nitrogens with zero attached hydrogens (tertiary/aromatic N) is 1. The number of ketones is 1. The predicted molar refractivity (Wildman–Crippen MR) is 84.1 cm³/mol. The van der Waals surface area contributed by atoms with Gasteiger partial charge < -0.3 is 9.21 Å². The summed E-state index contributed by atoms with van der Waals surface area (Å²) in [5.74, 6) is -0.717. The molecule has 6 heteroatoms. The number of Topliss-reactive ketones (excluding diaryl/α,β-unsaturated/α-hetero) is 1. The van der Waals surface area contributed by atoms with Crippen molar-refractivity contribution in [3.8, 4) is 0 Å². The minimum absolute atomic E-state index is 0. The normalized spacial score (nSPS) is 9.52. The van der Waals surface area contributed by atoms with Crippen molar-refractivity contribution < 1.29 is 14.0 Å². The fourth-order valence-electron chi connectivity index (χ4n) is 1.38. The van der Waals surface area contributed by atoms with Crippen molar-refractivity contribution >= 4 is 34.4 Å². The van der Waals surface area contributed by atoms with E-state index in [1.165, 1.54) is 6.07 Å². The van der Waals surface area contributed by atoms with Gasteiger partial charge in [-0.05, 0) is 25.1 Å². The highest BCUT2D eigenvalue weighted by atomic mass is 35.5. The van der Waals surface area contributed by atoms with Crippen molar-refractivity contribution in [2.45, 2.75) is 41.0 Å². The number of rotatable bonds is 2. The van der Waals surface area contributed by atoms with Gasteiger partial charge in [0.15, 0.2) is 5.58 Å². The Bertz CT molecular complexity index is 685. The molecule has 0 radical (unpaired) electrons. The fourth-order valence-corrected chi connectivity index (χ4v) is 1.55. The topological polar surface area (TPSA) is 69.3 Å². The Morgan fingerprint density at radius 1 is 1.24 bits per heavy atom. The molecule has 0 atom stereocenters. The number of fused-ring (bicyclic) bond motifs is 1. The number of carbonyl (C=O) groups excluding carboxylic acids is 2. The minimum atomic E-state index is -0.667. The molecule has 1 heterocycles. The first-order valence-corrected chi connectivity index (χ1v) is 6.62. The zero-order valence-electron chi connectivity index (χ0n) is 11.6. The molecule has 0 N–H and O–H groups in total. The van der Waals surface area contributed by atoms with Gasteiger partial charge in [0, 0.05) is 17.9 Å². The zero-order chi connectivity index (χ0) is 15.3. The number of halogens is 1. The highest BCUT2D eigenvalue weighted by Crippen LogP contribution is 2.18. The van der Waals surface area contributed by atoms with Crippen LogP contribution in [0.15, 0.2) is 27.4 Å². The van der Waals surface area contributed by atoms with Crippen molar-refractivity contribution in [3.63, 3.8) is 0 Å². The number of benzene rings is 1. The summed E-state index contributed by atoms with van der Waals surface area (Å²) in [6, 6.07) is 4.71. The molecule has 0 fully saturated rings. The third kappa shape index (κ3) is 4.86. The molecule has 0 saturated heterocycles. The standard InChI is InChI=1S/C10H8ClNO3.C4H8O.CH4/c1-2-9(13)12-7-5-6(11)3-4-8(7)15-10(12)14;1-3-4(2)5;/h3-5H,2H2,1H3;3H2,1-2H3;1H4. The molecule has 5 nitrogen and oxygen atoms in total. The Morgan fingerprint density at radius 3 is 2.29 bits per heavy atom. The first kappa shape index (κ1) is 19.1. The first-order chi connectivity index (χ1) is 9.40. The van der Waals surface area contributed by atoms with Gasteiger partial charge in [0.1, 0.15) is 5.78 Å². The molecule has 21 heavy (non-hydrogen) atoms. The summed E-state index contributed by atoms with van der Waals surface area (Å²) in [6.07, 6.45) is 0.904. The number of aromatic nitrogens is 1. The van der Waals surface area contributed by atoms with Gasteiger partial charge in [-0.2, -0.15) is 0 Å². The molecule has 2 aromatic rings. The maximum absolute atomic E-state index is 11.5. The van der Waals surface area contributed by atoms with Crippen LogP contribution in [0.1, 0.15) is 45.8 Å². The molecule has 116 valence electrons. The molecule has 0 unspecified atom stereocenters. The molecule has 0 amide bonds. The first-order valence-electron chi connectivity index (χ1n) is 6.24. The van der Waals surface area contributed by atoms with Crippen LogP contribution in [-0.2, 0) is 4.79 Å². The van der Waals surface area contributed by atoms with Gasteiger partial charge in [0.2, 0.25) is 5.91 Å². The summed E-state index contributed by atoms with van der Waals surface area (Å²) in [5, 5.41) is 0.459. The Labute approximate surface area is 128 Å². The minimum Gasteiger partial charge on any atom is -0.407 e. The Morgan fingerprint density at radius 2 is 1.81 bits per heavy atom. The van der Waals surface area contributed by atoms with Crippen molar-refractivity contribution in [1.82, 2.24) is 4.57 Å². The Balaban J connectivity index is 0.000000583. The number of oxazole rings is 1. The Kier molecular flexibility index (Phi) is 7.66. The van der Waals surface area contributed by atoms with E-state index >= 15 is 0 Å². The van der Waals surface area contributed by atoms with E-state index in [9.17, 15) is 14.4 Å². The Hall–Kier alpha value is -1.88. The van der Waals surface area contributed by atoms with Crippen LogP contribution < -0.4 is 5.76 Å². The number of hydrogen-bond donors (Lipinski definition) is 0. The molecule has 0 spiro atoms. The van der Waals surface area contributed by atoms with Crippen LogP contribution in [0.5, 0.6) is 0 Å². The molecule has 0 bridgehead atoms. The summed E-state index contributed by atoms with van der Waals surface area (Å²) in [7, 11) is 0. The molecule has 0 aliphatic carbocycles. The molecular formula is C15H20ClNO4. The lowest BCUT2D eigenvalue weighted by molar-refractivity contribution is -0.116. The predicted octanol–water partition coefficient (Wildman–Crippen LogP) is 3.92. The summed E-state index contributed by atoms with van der Waals surface area (Å²) in [6.45, 7) is 5.11. The SMILES string of the molecule is C.CCC(=O)n1c(=O)oc2ccc(Cl)cc21.CCC(C)=O. The average molecular weight is 314 g/mol. The molecular weight excluding hydrogens is 294 g/mol. The van der Waals surface area contributed by atoms with Crippen molar-refractivity contribution in [2.24, 2.45) is 0 Å². The summed E-state index contributed by atoms with van der Waals surface area (Å²) in [4.78, 5) is 32.7. The second-order valence-corrected chi connectivity index (χ2v) is 4.55. The molecule has 1 aromatic carbocycles. The van der Waals surface area contributed by atoms with Crippen LogP contribution in [0.2, 0.25) is 5.02 Å². The van der Waals surface area contributed by atoms with Crippen LogP contribution >= 0.6 is 11.6 Å². The van der Waals surface area contributed by atoms with E-state index in [4.69, 9.17) is 16.0 Å². The monoisotopic (exact) mass is 313 g/mol. The average Bonchev–Trinajstić information content (AvgIpc) is 2.74. The largest absolute Gasteiger partial charge is 0.426 e. The maximum atomic E-state index is 11.5. The van der Waals surface area contributed by atoms with Crippen molar-refractivity contribution in [1.29, 1.82) is 0 Å². The van der Waals surface area contributed by atoms with Gasteiger partial charge in [-0.3, -0.25) is 4.79 Å². The van der Waals surface area contributed by atoms with Crippen LogP contribution in [-0.4, -0.2) is 16.3 Å². The van der Waals surface area contributed by atoms with Crippen molar-refractivity contribution in [3.05, 3.63) is 33.8 Å². The summed E-state index contributed by atoms with van der Waals surface area (Å²) in [5.41, 5.74) is 0.783. The second kappa shape index (κ2) is 8.42. The molecule has 0 aliphatic rings. The van der Waals surface area contributed by atoms with Gasteiger partial charge in [0.05, 0.1) is 5.52 Å². The van der Waals surface area contributed by atoms with E-state index in [2.05, 4.69) is 0 Å². The second-order valence-electron chi connectivity index (χ2n) is 4.12. The highest BCUT2D eigenvalue weighted by molar-refractivity contribution is 6.31. The maximum Gasteiger partial charge on any atom is 0.426 e. The van der Waals surface area contributed by atoms with Crippen LogP contribution in [0, 0.1) is 0 Å². The van der Waals surface area contributed by atoms with Gasteiger partial charge in [-0.25, -0.2) is 9.36 Å². The van der Waals surface area contributed by atoms with Gasteiger partial charge in [-0.1, -0.05) is 32.9 Å². The van der Waals surface area contributed by atoms with Gasteiger partial charge >= 0.3 is 5.76 Å². The molecule has 0 aliphatic heterocycles. The fraction of sp³-hybridized carbons (Fsp3) is 0.400. The zero-order valence-corrected chi connectivity index (χ0v) is 12.4. The van der Waals surface area contributed by atoms with E-state index in [0.717, 1.165) is 4.57 Å². The smallest absolute Gasteiger partial charge is 0.407 e. The van der Waals surface area contributed by atoms with Gasteiger partial charge in [-0.15, -0.1) is 0 Å². The summed E-state index contributed by atoms with van der Waals surface area (Å²) < 4.78 is 5.91. The van der Waals surface area contributed by atoms with E-state index in [0.29, 0.717) is 22.5 Å². The van der Waals surface area contributed by atoms with E-state index in [1.807, 2.05) is 6.92 Å². The third-order valence-electron chi connectivity index (χ3n) is 2.59. The van der Waals surface area contributed by atoms with Crippen LogP contribution in [0.4, 0.5) is 0 Å². The third-order valence-corrected chi connectivity index (χ3v) is 2.83. The lowest BCUT2D eigenvalue weighted by Crippen LogP contribution is -2.21. The van der Waals surface area contributed by atoms with E-state index in [-0.39, 0.29) is 25.5 Å². The number of hydrogen-bond acceptors (Lipinski definition) is 4. The van der Waals surface area contributed by atoms with Gasteiger partial charge in [0.25, 0.3) is 0 Å². The number of carbonyl (C=O) groups is 2. The van der Waals surface area contributed by atoms with Crippen molar-refractivity contribution in [2.75, 3.05) is 0 Å². The highest BCUT2D eigenvalue weighted by Gasteiger charge is 2.14. The quantitative estimate of drug-likeness (QED) is 0.842. The molecule has 1 aromatic heterocycles. The lowest BCUT2D eigenvalue weighted by Gasteiger charge is -1.96. The summed E-state index contributed by atoms with van der Waals surface area (Å²) >= 11 is 5.78. The van der Waals surface area contributed by atoms with Crippen LogP contribution in [0.25, 0.3) is 11.1 Å². The van der Waals surface area contributed by atoms with E-state index in [1.54, 1.807) is 26.0 Å².